The van der Waals surface area contributed by atoms with E-state index in [0.29, 0.717) is 0 Å². The standard InChI is InChI=1S/C36H40N2O5S/c39-26-27-12-14-30(15-13-27)35-23-33(25-38-20-5-2-6-21-38)42-36(43-35)31-18-16-29(17-19-31)32-9-7-8-28(22-32)24-37-44(40,41)34-10-3-1-4-11-34/h1,3-4,7-19,22,33,35-37,39H,2,5-6,20-21,23-26H2/t33-,35+,36+/m1/s1. The van der Waals surface area contributed by atoms with Crippen LogP contribution in [-0.2, 0) is 32.6 Å². The summed E-state index contributed by atoms with van der Waals surface area (Å²) in [5.41, 5.74) is 5.84. The van der Waals surface area contributed by atoms with E-state index in [1.165, 1.54) is 19.3 Å². The van der Waals surface area contributed by atoms with Crippen molar-refractivity contribution in [2.45, 2.75) is 62.2 Å². The van der Waals surface area contributed by atoms with Crippen molar-refractivity contribution >= 4 is 10.0 Å². The molecule has 44 heavy (non-hydrogen) atoms. The van der Waals surface area contributed by atoms with E-state index in [1.54, 1.807) is 30.3 Å². The Kier molecular flexibility index (Phi) is 9.86. The maximum atomic E-state index is 12.7. The van der Waals surface area contributed by atoms with E-state index >= 15 is 0 Å². The van der Waals surface area contributed by atoms with Gasteiger partial charge in [-0.15, -0.1) is 0 Å². The van der Waals surface area contributed by atoms with Crippen LogP contribution in [0.5, 0.6) is 0 Å². The molecule has 0 spiro atoms. The fourth-order valence-corrected chi connectivity index (χ4v) is 7.06. The monoisotopic (exact) mass is 612 g/mol. The zero-order valence-electron chi connectivity index (χ0n) is 24.8. The number of hydrogen-bond donors (Lipinski definition) is 2. The number of aliphatic hydroxyl groups is 1. The first-order valence-electron chi connectivity index (χ1n) is 15.4. The third kappa shape index (κ3) is 7.64. The molecule has 0 saturated carbocycles. The number of nitrogens with zero attached hydrogens (tertiary/aromatic N) is 1. The maximum Gasteiger partial charge on any atom is 0.240 e. The maximum absolute atomic E-state index is 12.7. The fourth-order valence-electron chi connectivity index (χ4n) is 6.02. The van der Waals surface area contributed by atoms with Crippen LogP contribution >= 0.6 is 0 Å². The van der Waals surface area contributed by atoms with Crippen molar-refractivity contribution in [1.82, 2.24) is 9.62 Å². The number of ether oxygens (including phenoxy) is 2. The molecule has 0 aliphatic carbocycles. The van der Waals surface area contributed by atoms with Crippen molar-refractivity contribution in [3.8, 4) is 11.1 Å². The molecular formula is C36H40N2O5S. The number of likely N-dealkylation sites (tertiary alicyclic amines) is 1. The second kappa shape index (κ2) is 14.2. The first-order valence-corrected chi connectivity index (χ1v) is 16.9. The minimum absolute atomic E-state index is 0.0215. The summed E-state index contributed by atoms with van der Waals surface area (Å²) >= 11 is 0. The SMILES string of the molecule is O=S(=O)(NCc1cccc(-c2ccc([C@H]3O[C@@H](CN4CCCCC4)C[C@@H](c4ccc(CO)cc4)O3)cc2)c1)c1ccccc1. The molecule has 4 aromatic carbocycles. The first-order chi connectivity index (χ1) is 21.5. The molecule has 0 radical (unpaired) electrons. The van der Waals surface area contributed by atoms with Gasteiger partial charge in [-0.25, -0.2) is 13.1 Å². The molecule has 2 N–H and O–H groups in total. The van der Waals surface area contributed by atoms with Gasteiger partial charge in [-0.05, 0) is 71.9 Å². The van der Waals surface area contributed by atoms with Gasteiger partial charge in [-0.1, -0.05) is 91.3 Å². The summed E-state index contributed by atoms with van der Waals surface area (Å²) in [4.78, 5) is 2.76. The van der Waals surface area contributed by atoms with Crippen LogP contribution in [0, 0.1) is 0 Å². The van der Waals surface area contributed by atoms with Crippen molar-refractivity contribution in [2.24, 2.45) is 0 Å². The number of aliphatic hydroxyl groups excluding tert-OH is 1. The highest BCUT2D eigenvalue weighted by Gasteiger charge is 2.33. The Morgan fingerprint density at radius 1 is 0.750 bits per heavy atom. The summed E-state index contributed by atoms with van der Waals surface area (Å²) in [5, 5.41) is 9.49. The normalized spacial score (nSPS) is 21.2. The highest BCUT2D eigenvalue weighted by atomic mass is 32.2. The summed E-state index contributed by atoms with van der Waals surface area (Å²) in [6.07, 6.45) is 4.00. The van der Waals surface area contributed by atoms with Gasteiger partial charge in [0.2, 0.25) is 10.0 Å². The van der Waals surface area contributed by atoms with E-state index in [9.17, 15) is 13.5 Å². The lowest BCUT2D eigenvalue weighted by atomic mass is 9.98. The average molecular weight is 613 g/mol. The lowest BCUT2D eigenvalue weighted by Gasteiger charge is -2.39. The van der Waals surface area contributed by atoms with Gasteiger partial charge in [0.05, 0.1) is 23.7 Å². The van der Waals surface area contributed by atoms with Crippen LogP contribution in [0.3, 0.4) is 0 Å². The van der Waals surface area contributed by atoms with Gasteiger partial charge >= 0.3 is 0 Å². The van der Waals surface area contributed by atoms with Gasteiger partial charge in [-0.3, -0.25) is 0 Å². The van der Waals surface area contributed by atoms with Gasteiger partial charge in [0, 0.05) is 25.1 Å². The van der Waals surface area contributed by atoms with E-state index in [1.807, 2.05) is 48.5 Å². The largest absolute Gasteiger partial charge is 0.392 e. The van der Waals surface area contributed by atoms with E-state index in [4.69, 9.17) is 9.47 Å². The summed E-state index contributed by atoms with van der Waals surface area (Å²) in [5.74, 6) is 0. The van der Waals surface area contributed by atoms with E-state index in [-0.39, 0.29) is 30.3 Å². The topological polar surface area (TPSA) is 88.1 Å². The molecule has 0 aromatic heterocycles. The van der Waals surface area contributed by atoms with Gasteiger partial charge in [0.15, 0.2) is 6.29 Å². The third-order valence-corrected chi connectivity index (χ3v) is 9.91. The van der Waals surface area contributed by atoms with Gasteiger partial charge in [-0.2, -0.15) is 0 Å². The first kappa shape index (κ1) is 30.6. The molecule has 2 fully saturated rings. The van der Waals surface area contributed by atoms with Crippen molar-refractivity contribution < 1.29 is 23.0 Å². The summed E-state index contributed by atoms with van der Waals surface area (Å²) in [6, 6.07) is 32.6. The van der Waals surface area contributed by atoms with E-state index < -0.39 is 16.3 Å². The Bertz CT molecular complexity index is 1600. The smallest absolute Gasteiger partial charge is 0.240 e. The summed E-state index contributed by atoms with van der Waals surface area (Å²) in [7, 11) is -3.59. The predicted octanol–water partition coefficient (Wildman–Crippen LogP) is 6.36. The number of rotatable bonds is 10. The summed E-state index contributed by atoms with van der Waals surface area (Å²) < 4.78 is 41.2. The second-order valence-corrected chi connectivity index (χ2v) is 13.4. The van der Waals surface area contributed by atoms with Crippen LogP contribution in [0.25, 0.3) is 11.1 Å². The van der Waals surface area contributed by atoms with Crippen LogP contribution in [0.15, 0.2) is 108 Å². The zero-order chi connectivity index (χ0) is 30.4. The average Bonchev–Trinajstić information content (AvgIpc) is 3.08. The van der Waals surface area contributed by atoms with E-state index in [2.05, 4.69) is 33.9 Å². The van der Waals surface area contributed by atoms with Crippen molar-refractivity contribution in [3.63, 3.8) is 0 Å². The molecule has 2 aliphatic heterocycles. The molecule has 2 aliphatic rings. The molecule has 2 saturated heterocycles. The molecule has 0 unspecified atom stereocenters. The number of sulfonamides is 1. The lowest BCUT2D eigenvalue weighted by Crippen LogP contribution is -2.41. The molecule has 3 atom stereocenters. The van der Waals surface area contributed by atoms with Crippen LogP contribution in [0.2, 0.25) is 0 Å². The Morgan fingerprint density at radius 2 is 1.48 bits per heavy atom. The van der Waals surface area contributed by atoms with Crippen LogP contribution in [0.4, 0.5) is 0 Å². The second-order valence-electron chi connectivity index (χ2n) is 11.7. The minimum atomic E-state index is -3.59. The van der Waals surface area contributed by atoms with Crippen molar-refractivity contribution in [2.75, 3.05) is 19.6 Å². The van der Waals surface area contributed by atoms with Crippen molar-refractivity contribution in [3.05, 3.63) is 125 Å². The van der Waals surface area contributed by atoms with Gasteiger partial charge in [0.1, 0.15) is 0 Å². The van der Waals surface area contributed by atoms with Crippen molar-refractivity contribution in [1.29, 1.82) is 0 Å². The number of piperidine rings is 1. The Labute approximate surface area is 260 Å². The molecule has 0 amide bonds. The molecular weight excluding hydrogens is 572 g/mol. The molecule has 8 heteroatoms. The third-order valence-electron chi connectivity index (χ3n) is 8.49. The van der Waals surface area contributed by atoms with Crippen LogP contribution in [0.1, 0.15) is 60.3 Å². The fraction of sp³-hybridized carbons (Fsp3) is 0.333. The molecule has 230 valence electrons. The summed E-state index contributed by atoms with van der Waals surface area (Å²) in [6.45, 7) is 3.34. The molecule has 0 bridgehead atoms. The molecule has 6 rings (SSSR count). The van der Waals surface area contributed by atoms with Crippen LogP contribution in [-0.4, -0.2) is 44.2 Å². The number of hydrogen-bond acceptors (Lipinski definition) is 6. The molecule has 2 heterocycles. The highest BCUT2D eigenvalue weighted by Crippen LogP contribution is 2.39. The number of benzene rings is 4. The Morgan fingerprint density at radius 3 is 2.20 bits per heavy atom. The highest BCUT2D eigenvalue weighted by molar-refractivity contribution is 7.89. The van der Waals surface area contributed by atoms with Crippen LogP contribution < -0.4 is 4.72 Å². The quantitative estimate of drug-likeness (QED) is 0.217. The van der Waals surface area contributed by atoms with Gasteiger partial charge in [0.25, 0.3) is 0 Å². The van der Waals surface area contributed by atoms with E-state index in [0.717, 1.165) is 59.4 Å². The zero-order valence-corrected chi connectivity index (χ0v) is 25.7. The predicted molar refractivity (Wildman–Crippen MR) is 171 cm³/mol. The van der Waals surface area contributed by atoms with Gasteiger partial charge < -0.3 is 19.5 Å². The number of nitrogens with one attached hydrogen (secondary N) is 1. The lowest BCUT2D eigenvalue weighted by molar-refractivity contribution is -0.253. The molecule has 4 aromatic rings. The molecule has 7 nitrogen and oxygen atoms in total. The minimum Gasteiger partial charge on any atom is -0.392 e. The Hall–Kier alpha value is -3.37. The Balaban J connectivity index is 1.16.